The number of ether oxygens (including phenoxy) is 1. The molecule has 1 aliphatic heterocycles. The van der Waals surface area contributed by atoms with E-state index >= 15 is 0 Å². The van der Waals surface area contributed by atoms with Crippen molar-refractivity contribution in [3.05, 3.63) is 0 Å². The van der Waals surface area contributed by atoms with Crippen LogP contribution in [0.1, 0.15) is 33.6 Å². The highest BCUT2D eigenvalue weighted by atomic mass is 16.5. The van der Waals surface area contributed by atoms with Crippen molar-refractivity contribution in [3.63, 3.8) is 0 Å². The van der Waals surface area contributed by atoms with Gasteiger partial charge in [-0.1, -0.05) is 20.8 Å². The van der Waals surface area contributed by atoms with E-state index in [1.807, 2.05) is 0 Å². The molecule has 0 aromatic carbocycles. The predicted molar refractivity (Wildman–Crippen MR) is 45.8 cm³/mol. The van der Waals surface area contributed by atoms with Gasteiger partial charge in [-0.15, -0.1) is 0 Å². The maximum Gasteiger partial charge on any atom is 0.184 e. The third-order valence-corrected chi connectivity index (χ3v) is 2.41. The van der Waals surface area contributed by atoms with Crippen molar-refractivity contribution < 1.29 is 4.74 Å². The molecule has 1 fully saturated rings. The zero-order valence-electron chi connectivity index (χ0n) is 7.55. The first kappa shape index (κ1) is 8.57. The van der Waals surface area contributed by atoms with Gasteiger partial charge in [0.2, 0.25) is 0 Å². The smallest absolute Gasteiger partial charge is 0.184 e. The van der Waals surface area contributed by atoms with Crippen LogP contribution in [0.2, 0.25) is 0 Å². The molecule has 2 atom stereocenters. The Balaban J connectivity index is 2.52. The molecule has 11 heavy (non-hydrogen) atoms. The van der Waals surface area contributed by atoms with Crippen molar-refractivity contribution in [1.82, 2.24) is 0 Å². The summed E-state index contributed by atoms with van der Waals surface area (Å²) in [5.74, 6) is 1.44. The highest BCUT2D eigenvalue weighted by Crippen LogP contribution is 2.28. The molecule has 0 aliphatic carbocycles. The standard InChI is InChI=1S/C9H17NO/c1-4-7-5-8(6(2)3)9(10)11-7/h6-8,10H,4-5H2,1-3H3. The van der Waals surface area contributed by atoms with Crippen LogP contribution in [0.25, 0.3) is 0 Å². The summed E-state index contributed by atoms with van der Waals surface area (Å²) in [5, 5.41) is 7.55. The summed E-state index contributed by atoms with van der Waals surface area (Å²) in [6.07, 6.45) is 2.40. The third-order valence-electron chi connectivity index (χ3n) is 2.41. The molecule has 0 saturated carbocycles. The monoisotopic (exact) mass is 155 g/mol. The molecule has 2 nitrogen and oxygen atoms in total. The molecule has 0 radical (unpaired) electrons. The number of nitrogens with one attached hydrogen (secondary N) is 1. The van der Waals surface area contributed by atoms with Gasteiger partial charge >= 0.3 is 0 Å². The van der Waals surface area contributed by atoms with Crippen molar-refractivity contribution in [2.24, 2.45) is 11.8 Å². The maximum atomic E-state index is 7.55. The van der Waals surface area contributed by atoms with Crippen LogP contribution in [0, 0.1) is 17.2 Å². The van der Waals surface area contributed by atoms with Gasteiger partial charge in [0.05, 0.1) is 0 Å². The summed E-state index contributed by atoms with van der Waals surface area (Å²) in [6, 6.07) is 0. The summed E-state index contributed by atoms with van der Waals surface area (Å²) in [6.45, 7) is 6.42. The molecule has 0 aromatic heterocycles. The van der Waals surface area contributed by atoms with Gasteiger partial charge in [-0.25, -0.2) is 0 Å². The Hall–Kier alpha value is -0.530. The quantitative estimate of drug-likeness (QED) is 0.652. The van der Waals surface area contributed by atoms with E-state index in [0.717, 1.165) is 12.8 Å². The molecule has 64 valence electrons. The summed E-state index contributed by atoms with van der Waals surface area (Å²) >= 11 is 0. The lowest BCUT2D eigenvalue weighted by molar-refractivity contribution is 0.211. The second-order valence-electron chi connectivity index (χ2n) is 3.60. The van der Waals surface area contributed by atoms with Crippen molar-refractivity contribution in [3.8, 4) is 0 Å². The van der Waals surface area contributed by atoms with Gasteiger partial charge in [-0.3, -0.25) is 5.41 Å². The van der Waals surface area contributed by atoms with E-state index in [4.69, 9.17) is 10.1 Å². The van der Waals surface area contributed by atoms with Crippen LogP contribution in [-0.4, -0.2) is 12.0 Å². The van der Waals surface area contributed by atoms with Crippen molar-refractivity contribution in [2.45, 2.75) is 39.7 Å². The van der Waals surface area contributed by atoms with Crippen molar-refractivity contribution in [1.29, 1.82) is 5.41 Å². The number of hydrogen-bond acceptors (Lipinski definition) is 2. The van der Waals surface area contributed by atoms with Crippen LogP contribution >= 0.6 is 0 Å². The fraction of sp³-hybridized carbons (Fsp3) is 0.889. The molecule has 1 heterocycles. The molecule has 1 rings (SSSR count). The Kier molecular flexibility index (Phi) is 2.53. The van der Waals surface area contributed by atoms with Crippen LogP contribution < -0.4 is 0 Å². The number of hydrogen-bond donors (Lipinski definition) is 1. The van der Waals surface area contributed by atoms with Crippen LogP contribution in [-0.2, 0) is 4.74 Å². The Labute approximate surface area is 68.5 Å². The predicted octanol–water partition coefficient (Wildman–Crippen LogP) is 2.43. The lowest BCUT2D eigenvalue weighted by Crippen LogP contribution is -2.12. The minimum atomic E-state index is 0.315. The second kappa shape index (κ2) is 3.24. The zero-order valence-corrected chi connectivity index (χ0v) is 7.55. The summed E-state index contributed by atoms with van der Waals surface area (Å²) in [4.78, 5) is 0. The Bertz CT molecular complexity index is 154. The summed E-state index contributed by atoms with van der Waals surface area (Å²) in [5.41, 5.74) is 0. The average Bonchev–Trinajstić information content (AvgIpc) is 2.30. The molecule has 0 aromatic rings. The van der Waals surface area contributed by atoms with Crippen molar-refractivity contribution in [2.75, 3.05) is 0 Å². The van der Waals surface area contributed by atoms with Gasteiger partial charge in [-0.2, -0.15) is 0 Å². The van der Waals surface area contributed by atoms with E-state index in [1.165, 1.54) is 0 Å². The molecular weight excluding hydrogens is 138 g/mol. The minimum absolute atomic E-state index is 0.315. The van der Waals surface area contributed by atoms with Crippen LogP contribution in [0.5, 0.6) is 0 Å². The minimum Gasteiger partial charge on any atom is -0.478 e. The summed E-state index contributed by atoms with van der Waals surface area (Å²) < 4.78 is 5.37. The van der Waals surface area contributed by atoms with Crippen LogP contribution in [0.3, 0.4) is 0 Å². The fourth-order valence-electron chi connectivity index (χ4n) is 1.53. The lowest BCUT2D eigenvalue weighted by Gasteiger charge is -2.09. The average molecular weight is 155 g/mol. The van der Waals surface area contributed by atoms with E-state index in [2.05, 4.69) is 20.8 Å². The lowest BCUT2D eigenvalue weighted by atomic mass is 9.92. The molecule has 1 saturated heterocycles. The summed E-state index contributed by atoms with van der Waals surface area (Å²) in [7, 11) is 0. The molecule has 0 bridgehead atoms. The highest BCUT2D eigenvalue weighted by molar-refractivity contribution is 5.77. The highest BCUT2D eigenvalue weighted by Gasteiger charge is 2.32. The first-order valence-electron chi connectivity index (χ1n) is 4.40. The molecule has 2 unspecified atom stereocenters. The topological polar surface area (TPSA) is 33.1 Å². The first-order chi connectivity index (χ1) is 5.15. The van der Waals surface area contributed by atoms with Crippen LogP contribution in [0.15, 0.2) is 0 Å². The van der Waals surface area contributed by atoms with E-state index in [1.54, 1.807) is 0 Å². The largest absolute Gasteiger partial charge is 0.478 e. The van der Waals surface area contributed by atoms with Crippen molar-refractivity contribution >= 4 is 5.90 Å². The molecule has 0 spiro atoms. The van der Waals surface area contributed by atoms with E-state index < -0.39 is 0 Å². The number of rotatable bonds is 2. The zero-order chi connectivity index (χ0) is 8.43. The van der Waals surface area contributed by atoms with Gasteiger partial charge in [0.15, 0.2) is 5.90 Å². The van der Waals surface area contributed by atoms with Gasteiger partial charge < -0.3 is 4.74 Å². The van der Waals surface area contributed by atoms with Gasteiger partial charge in [0, 0.05) is 5.92 Å². The SMILES string of the molecule is CCC1CC(C(C)C)C(=N)O1. The maximum absolute atomic E-state index is 7.55. The Morgan fingerprint density at radius 1 is 1.64 bits per heavy atom. The Morgan fingerprint density at radius 2 is 2.27 bits per heavy atom. The van der Waals surface area contributed by atoms with Gasteiger partial charge in [0.25, 0.3) is 0 Å². The molecule has 1 N–H and O–H groups in total. The third kappa shape index (κ3) is 1.73. The van der Waals surface area contributed by atoms with Gasteiger partial charge in [0.1, 0.15) is 6.10 Å². The first-order valence-corrected chi connectivity index (χ1v) is 4.40. The van der Waals surface area contributed by atoms with Crippen LogP contribution in [0.4, 0.5) is 0 Å². The molecule has 0 amide bonds. The normalized spacial score (nSPS) is 31.1. The fourth-order valence-corrected chi connectivity index (χ4v) is 1.53. The Morgan fingerprint density at radius 3 is 2.55 bits per heavy atom. The molecular formula is C9H17NO. The van der Waals surface area contributed by atoms with E-state index in [-0.39, 0.29) is 0 Å². The molecule has 2 heteroatoms. The van der Waals surface area contributed by atoms with Gasteiger partial charge in [-0.05, 0) is 18.8 Å². The van der Waals surface area contributed by atoms with E-state index in [0.29, 0.717) is 23.8 Å². The second-order valence-corrected chi connectivity index (χ2v) is 3.60. The molecule has 1 aliphatic rings. The van der Waals surface area contributed by atoms with E-state index in [9.17, 15) is 0 Å².